The summed E-state index contributed by atoms with van der Waals surface area (Å²) in [4.78, 5) is 17.5. The van der Waals surface area contributed by atoms with Gasteiger partial charge in [-0.15, -0.1) is 0 Å². The highest BCUT2D eigenvalue weighted by Crippen LogP contribution is 2.25. The molecule has 1 N–H and O–H groups in total. The molecule has 0 radical (unpaired) electrons. The van der Waals surface area contributed by atoms with Crippen molar-refractivity contribution in [1.82, 2.24) is 34.2 Å². The molecule has 172 valence electrons. The lowest BCUT2D eigenvalue weighted by Crippen LogP contribution is -2.14. The van der Waals surface area contributed by atoms with Crippen LogP contribution in [-0.4, -0.2) is 40.1 Å². The Hall–Kier alpha value is -3.98. The van der Waals surface area contributed by atoms with E-state index in [4.69, 9.17) is 11.6 Å². The van der Waals surface area contributed by atoms with E-state index in [1.807, 2.05) is 62.8 Å². The summed E-state index contributed by atoms with van der Waals surface area (Å²) >= 11 is 6.11. The molecule has 4 heterocycles. The number of aromatic nitrogens is 7. The zero-order valence-corrected chi connectivity index (χ0v) is 20.0. The molecule has 4 aromatic heterocycles. The lowest BCUT2D eigenvalue weighted by atomic mass is 10.2. The molecule has 5 aromatic rings. The third-order valence-electron chi connectivity index (χ3n) is 5.94. The van der Waals surface area contributed by atoms with Crippen LogP contribution < -0.4 is 5.32 Å². The van der Waals surface area contributed by atoms with Gasteiger partial charge in [0.15, 0.2) is 11.3 Å². The Bertz CT molecular complexity index is 1540. The summed E-state index contributed by atoms with van der Waals surface area (Å²) in [6.45, 7) is 6.33. The van der Waals surface area contributed by atoms with Gasteiger partial charge in [0.25, 0.3) is 5.91 Å². The summed E-state index contributed by atoms with van der Waals surface area (Å²) in [5, 5.41) is 17.1. The predicted octanol–water partition coefficient (Wildman–Crippen LogP) is 4.21. The monoisotopic (exact) mass is 474 g/mol. The minimum absolute atomic E-state index is 0.267. The standard InChI is InChI=1S/C24H23ClN8O/c1-14-23(16(3)32(29-14)13-17-6-5-7-18(25)10-17)28-24(34)20-11-22-26-9-8-21(33(22)30-20)19-12-27-31(4)15(19)2/h5-12H,13H2,1-4H3,(H,28,34). The molecule has 0 unspecified atom stereocenters. The Balaban J connectivity index is 1.44. The van der Waals surface area contributed by atoms with Crippen molar-refractivity contribution < 1.29 is 4.79 Å². The molecule has 9 nitrogen and oxygen atoms in total. The smallest absolute Gasteiger partial charge is 0.276 e. The van der Waals surface area contributed by atoms with Crippen LogP contribution in [0.25, 0.3) is 16.9 Å². The Morgan fingerprint density at radius 1 is 1.09 bits per heavy atom. The van der Waals surface area contributed by atoms with E-state index in [1.165, 1.54) is 0 Å². The second-order valence-electron chi connectivity index (χ2n) is 8.18. The van der Waals surface area contributed by atoms with E-state index < -0.39 is 0 Å². The molecule has 0 bridgehead atoms. The topological polar surface area (TPSA) is 94.9 Å². The van der Waals surface area contributed by atoms with Crippen molar-refractivity contribution in [3.05, 3.63) is 82.2 Å². The van der Waals surface area contributed by atoms with E-state index in [1.54, 1.807) is 27.7 Å². The largest absolute Gasteiger partial charge is 0.317 e. The van der Waals surface area contributed by atoms with Gasteiger partial charge in [-0.2, -0.15) is 15.3 Å². The normalized spacial score (nSPS) is 11.3. The van der Waals surface area contributed by atoms with Crippen molar-refractivity contribution in [2.24, 2.45) is 7.05 Å². The molecular formula is C24H23ClN8O. The van der Waals surface area contributed by atoms with Gasteiger partial charge in [0.1, 0.15) is 0 Å². The minimum atomic E-state index is -0.326. The Labute approximate surface area is 201 Å². The molecule has 0 saturated carbocycles. The molecule has 34 heavy (non-hydrogen) atoms. The maximum atomic E-state index is 13.1. The van der Waals surface area contributed by atoms with Crippen LogP contribution in [-0.2, 0) is 13.6 Å². The molecule has 0 atom stereocenters. The number of halogens is 1. The summed E-state index contributed by atoms with van der Waals surface area (Å²) in [5.74, 6) is -0.326. The maximum Gasteiger partial charge on any atom is 0.276 e. The molecular weight excluding hydrogens is 452 g/mol. The predicted molar refractivity (Wildman–Crippen MR) is 130 cm³/mol. The molecule has 0 saturated heterocycles. The molecule has 5 rings (SSSR count). The van der Waals surface area contributed by atoms with Crippen LogP contribution in [0.15, 0.2) is 48.8 Å². The van der Waals surface area contributed by atoms with E-state index in [-0.39, 0.29) is 11.6 Å². The quantitative estimate of drug-likeness (QED) is 0.412. The molecule has 0 fully saturated rings. The van der Waals surface area contributed by atoms with E-state index >= 15 is 0 Å². The number of benzene rings is 1. The molecule has 0 aliphatic carbocycles. The zero-order chi connectivity index (χ0) is 24.0. The van der Waals surface area contributed by atoms with Crippen molar-refractivity contribution >= 4 is 28.8 Å². The van der Waals surface area contributed by atoms with Gasteiger partial charge in [0, 0.05) is 35.6 Å². The van der Waals surface area contributed by atoms with Gasteiger partial charge in [-0.05, 0) is 44.5 Å². The van der Waals surface area contributed by atoms with Crippen LogP contribution >= 0.6 is 11.6 Å². The van der Waals surface area contributed by atoms with Gasteiger partial charge in [0.2, 0.25) is 0 Å². The fourth-order valence-corrected chi connectivity index (χ4v) is 4.19. The number of nitrogens with zero attached hydrogens (tertiary/aromatic N) is 7. The highest BCUT2D eigenvalue weighted by atomic mass is 35.5. The van der Waals surface area contributed by atoms with Gasteiger partial charge in [-0.1, -0.05) is 23.7 Å². The Morgan fingerprint density at radius 2 is 1.91 bits per heavy atom. The molecule has 0 spiro atoms. The first-order valence-electron chi connectivity index (χ1n) is 10.8. The Morgan fingerprint density at radius 3 is 2.65 bits per heavy atom. The van der Waals surface area contributed by atoms with Crippen molar-refractivity contribution in [3.63, 3.8) is 0 Å². The second-order valence-corrected chi connectivity index (χ2v) is 8.62. The van der Waals surface area contributed by atoms with E-state index in [9.17, 15) is 4.79 Å². The average molecular weight is 475 g/mol. The molecule has 1 aromatic carbocycles. The third-order valence-corrected chi connectivity index (χ3v) is 6.18. The molecule has 1 amide bonds. The van der Waals surface area contributed by atoms with E-state index in [0.29, 0.717) is 22.9 Å². The number of hydrogen-bond donors (Lipinski definition) is 1. The van der Waals surface area contributed by atoms with E-state index in [2.05, 4.69) is 25.6 Å². The summed E-state index contributed by atoms with van der Waals surface area (Å²) in [7, 11) is 1.89. The van der Waals surface area contributed by atoms with Gasteiger partial charge >= 0.3 is 0 Å². The van der Waals surface area contributed by atoms with E-state index in [0.717, 1.165) is 33.9 Å². The second kappa shape index (κ2) is 8.42. The van der Waals surface area contributed by atoms with Gasteiger partial charge < -0.3 is 5.32 Å². The Kier molecular flexibility index (Phi) is 5.41. The lowest BCUT2D eigenvalue weighted by molar-refractivity contribution is 0.102. The van der Waals surface area contributed by atoms with Crippen molar-refractivity contribution in [1.29, 1.82) is 0 Å². The number of carbonyl (C=O) groups excluding carboxylic acids is 1. The van der Waals surface area contributed by atoms with Crippen molar-refractivity contribution in [2.75, 3.05) is 5.32 Å². The number of carbonyl (C=O) groups is 1. The number of hydrogen-bond acceptors (Lipinski definition) is 5. The van der Waals surface area contributed by atoms with Crippen LogP contribution in [0.2, 0.25) is 5.02 Å². The number of fused-ring (bicyclic) bond motifs is 1. The van der Waals surface area contributed by atoms with Crippen molar-refractivity contribution in [2.45, 2.75) is 27.3 Å². The molecule has 10 heteroatoms. The fourth-order valence-electron chi connectivity index (χ4n) is 3.98. The first-order valence-corrected chi connectivity index (χ1v) is 11.1. The number of rotatable bonds is 5. The first kappa shape index (κ1) is 21.8. The fraction of sp³-hybridized carbons (Fsp3) is 0.208. The molecule has 0 aliphatic rings. The van der Waals surface area contributed by atoms with Crippen LogP contribution in [0.3, 0.4) is 0 Å². The highest BCUT2D eigenvalue weighted by molar-refractivity contribution is 6.30. The summed E-state index contributed by atoms with van der Waals surface area (Å²) in [6.07, 6.45) is 3.49. The number of amides is 1. The maximum absolute atomic E-state index is 13.1. The third kappa shape index (κ3) is 3.84. The van der Waals surface area contributed by atoms with Crippen molar-refractivity contribution in [3.8, 4) is 11.3 Å². The number of aryl methyl sites for hydroxylation is 2. The average Bonchev–Trinajstić information content (AvgIpc) is 3.46. The highest BCUT2D eigenvalue weighted by Gasteiger charge is 2.19. The summed E-state index contributed by atoms with van der Waals surface area (Å²) < 4.78 is 5.32. The van der Waals surface area contributed by atoms with Gasteiger partial charge in [-0.3, -0.25) is 14.2 Å². The zero-order valence-electron chi connectivity index (χ0n) is 19.2. The van der Waals surface area contributed by atoms with Crippen LogP contribution in [0.1, 0.15) is 33.1 Å². The van der Waals surface area contributed by atoms with Gasteiger partial charge in [-0.25, -0.2) is 9.50 Å². The number of nitrogens with one attached hydrogen (secondary N) is 1. The number of anilines is 1. The van der Waals surface area contributed by atoms with Gasteiger partial charge in [0.05, 0.1) is 35.5 Å². The summed E-state index contributed by atoms with van der Waals surface area (Å²) in [5.41, 5.74) is 6.85. The minimum Gasteiger partial charge on any atom is -0.317 e. The van der Waals surface area contributed by atoms with Crippen LogP contribution in [0.4, 0.5) is 5.69 Å². The van der Waals surface area contributed by atoms with Crippen LogP contribution in [0, 0.1) is 20.8 Å². The summed E-state index contributed by atoms with van der Waals surface area (Å²) in [6, 6.07) is 11.2. The lowest BCUT2D eigenvalue weighted by Gasteiger charge is -2.07. The SMILES string of the molecule is Cc1nn(Cc2cccc(Cl)c2)c(C)c1NC(=O)c1cc2nccc(-c3cnn(C)c3C)n2n1. The molecule has 0 aliphatic heterocycles. The van der Waals surface area contributed by atoms with Crippen LogP contribution in [0.5, 0.6) is 0 Å². The first-order chi connectivity index (χ1) is 16.3.